The van der Waals surface area contributed by atoms with Crippen LogP contribution in [-0.2, 0) is 11.0 Å². The molecule has 6 rings (SSSR count). The summed E-state index contributed by atoms with van der Waals surface area (Å²) in [5.41, 5.74) is 8.62. The molecule has 0 spiro atoms. The van der Waals surface area contributed by atoms with Crippen molar-refractivity contribution in [2.75, 3.05) is 11.1 Å². The molecule has 1 aliphatic heterocycles. The molecule has 0 unspecified atom stereocenters. The average molecular weight is 604 g/mol. The van der Waals surface area contributed by atoms with E-state index in [4.69, 9.17) is 10.7 Å². The molecular weight excluding hydrogens is 571 g/mol. The van der Waals surface area contributed by atoms with E-state index in [0.717, 1.165) is 74.8 Å². The first-order valence-corrected chi connectivity index (χ1v) is 14.7. The molecule has 228 valence electrons. The summed E-state index contributed by atoms with van der Waals surface area (Å²) in [5, 5.41) is 5.63. The number of hydrogen-bond donors (Lipinski definition) is 3. The van der Waals surface area contributed by atoms with Crippen molar-refractivity contribution in [2.45, 2.75) is 69.5 Å². The molecule has 1 aromatic carbocycles. The Kier molecular flexibility index (Phi) is 8.07. The zero-order valence-electron chi connectivity index (χ0n) is 23.9. The third kappa shape index (κ3) is 6.15. The smallest absolute Gasteiger partial charge is 0.382 e. The van der Waals surface area contributed by atoms with Gasteiger partial charge in [0.15, 0.2) is 0 Å². The Hall–Kier alpha value is -4.74. The van der Waals surface area contributed by atoms with E-state index in [1.165, 1.54) is 0 Å². The first-order chi connectivity index (χ1) is 21.2. The number of fused-ring (bicyclic) bond motifs is 3. The van der Waals surface area contributed by atoms with Gasteiger partial charge in [0.1, 0.15) is 28.7 Å². The number of nitrogens with two attached hydrogens (primary N) is 1. The van der Waals surface area contributed by atoms with E-state index in [9.17, 15) is 22.8 Å². The summed E-state index contributed by atoms with van der Waals surface area (Å²) in [6.07, 6.45) is 9.06. The lowest BCUT2D eigenvalue weighted by Crippen LogP contribution is -2.32. The highest BCUT2D eigenvalue weighted by Gasteiger charge is 2.33. The largest absolute Gasteiger partial charge is 0.416 e. The lowest BCUT2D eigenvalue weighted by molar-refractivity contribution is -0.137. The lowest BCUT2D eigenvalue weighted by atomic mass is 10.1. The van der Waals surface area contributed by atoms with Gasteiger partial charge in [-0.3, -0.25) is 14.0 Å². The molecule has 0 saturated heterocycles. The molecule has 44 heavy (non-hydrogen) atoms. The van der Waals surface area contributed by atoms with Crippen molar-refractivity contribution in [3.63, 3.8) is 0 Å². The van der Waals surface area contributed by atoms with Crippen molar-refractivity contribution < 1.29 is 22.8 Å². The summed E-state index contributed by atoms with van der Waals surface area (Å²) in [6, 6.07) is 8.33. The molecule has 4 N–H and O–H groups in total. The number of nitrogens with zero attached hydrogens (tertiary/aromatic N) is 4. The van der Waals surface area contributed by atoms with Gasteiger partial charge in [0.05, 0.1) is 17.5 Å². The van der Waals surface area contributed by atoms with Crippen LogP contribution in [0.25, 0.3) is 22.9 Å². The predicted octanol–water partition coefficient (Wildman–Crippen LogP) is 6.37. The van der Waals surface area contributed by atoms with Gasteiger partial charge >= 0.3 is 6.18 Å². The zero-order chi connectivity index (χ0) is 30.8. The van der Waals surface area contributed by atoms with Gasteiger partial charge in [0, 0.05) is 35.7 Å². The van der Waals surface area contributed by atoms with Gasteiger partial charge in [0.25, 0.3) is 5.91 Å². The summed E-state index contributed by atoms with van der Waals surface area (Å²) in [4.78, 5) is 38.8. The van der Waals surface area contributed by atoms with Crippen LogP contribution in [0, 0.1) is 0 Å². The normalized spacial score (nSPS) is 20.0. The number of rotatable bonds is 3. The molecule has 1 fully saturated rings. The minimum Gasteiger partial charge on any atom is -0.382 e. The Labute approximate surface area is 251 Å². The number of nitrogen functional groups attached to an aromatic ring is 1. The highest BCUT2D eigenvalue weighted by Crippen LogP contribution is 2.39. The molecule has 2 bridgehead atoms. The average Bonchev–Trinajstić information content (AvgIpc) is 3.62. The van der Waals surface area contributed by atoms with E-state index < -0.39 is 17.6 Å². The monoisotopic (exact) mass is 603 g/mol. The van der Waals surface area contributed by atoms with Crippen LogP contribution in [0.4, 0.5) is 24.8 Å². The Bertz CT molecular complexity index is 1730. The van der Waals surface area contributed by atoms with Crippen molar-refractivity contribution >= 4 is 35.0 Å². The summed E-state index contributed by atoms with van der Waals surface area (Å²) < 4.78 is 41.3. The topological polar surface area (TPSA) is 127 Å². The number of aromatic nitrogens is 4. The first kappa shape index (κ1) is 29.3. The fraction of sp³-hybridized carbons (Fsp3) is 0.344. The minimum absolute atomic E-state index is 0.0794. The Morgan fingerprint density at radius 3 is 2.68 bits per heavy atom. The van der Waals surface area contributed by atoms with Crippen LogP contribution in [0.15, 0.2) is 54.9 Å². The maximum atomic E-state index is 13.1. The molecule has 12 heteroatoms. The third-order valence-corrected chi connectivity index (χ3v) is 8.22. The van der Waals surface area contributed by atoms with E-state index in [1.807, 2.05) is 6.08 Å². The van der Waals surface area contributed by atoms with Gasteiger partial charge in [-0.25, -0.2) is 15.0 Å². The van der Waals surface area contributed by atoms with Gasteiger partial charge in [-0.2, -0.15) is 13.2 Å². The van der Waals surface area contributed by atoms with Gasteiger partial charge in [-0.05, 0) is 68.9 Å². The van der Waals surface area contributed by atoms with Crippen LogP contribution in [0.3, 0.4) is 0 Å². The summed E-state index contributed by atoms with van der Waals surface area (Å²) in [5.74, 6) is 0.541. The van der Waals surface area contributed by atoms with E-state index in [2.05, 4.69) is 31.1 Å². The number of pyridine rings is 1. The number of allylic oxidation sites excluding steroid dienone is 1. The van der Waals surface area contributed by atoms with Crippen molar-refractivity contribution in [2.24, 2.45) is 0 Å². The summed E-state index contributed by atoms with van der Waals surface area (Å²) in [6.45, 7) is 0. The zero-order valence-corrected chi connectivity index (χ0v) is 23.9. The summed E-state index contributed by atoms with van der Waals surface area (Å²) in [7, 11) is 0. The fourth-order valence-corrected chi connectivity index (χ4v) is 6.00. The molecular formula is C32H32F3N7O2. The van der Waals surface area contributed by atoms with Crippen molar-refractivity contribution in [1.82, 2.24) is 24.7 Å². The molecule has 2 aliphatic rings. The number of halogens is 3. The van der Waals surface area contributed by atoms with Crippen LogP contribution in [0.1, 0.15) is 84.7 Å². The molecule has 0 radical (unpaired) electrons. The van der Waals surface area contributed by atoms with Gasteiger partial charge in [0.2, 0.25) is 5.91 Å². The van der Waals surface area contributed by atoms with Gasteiger partial charge in [-0.1, -0.05) is 24.6 Å². The second-order valence-corrected chi connectivity index (χ2v) is 11.3. The number of hydrogen-bond acceptors (Lipinski definition) is 6. The Balaban J connectivity index is 1.34. The van der Waals surface area contributed by atoms with E-state index in [-0.39, 0.29) is 29.2 Å². The third-order valence-electron chi connectivity index (χ3n) is 8.22. The molecule has 4 heterocycles. The Morgan fingerprint density at radius 1 is 1.07 bits per heavy atom. The van der Waals surface area contributed by atoms with Crippen molar-refractivity contribution in [3.8, 4) is 11.3 Å². The molecule has 1 saturated carbocycles. The molecule has 1 aliphatic carbocycles. The van der Waals surface area contributed by atoms with Crippen LogP contribution >= 0.6 is 0 Å². The minimum atomic E-state index is -4.55. The second kappa shape index (κ2) is 12.1. The van der Waals surface area contributed by atoms with E-state index in [0.29, 0.717) is 29.0 Å². The van der Waals surface area contributed by atoms with Crippen LogP contribution in [0.5, 0.6) is 0 Å². The number of amides is 2. The second-order valence-electron chi connectivity index (χ2n) is 11.3. The van der Waals surface area contributed by atoms with Gasteiger partial charge in [-0.15, -0.1) is 0 Å². The number of imidazole rings is 1. The van der Waals surface area contributed by atoms with Crippen molar-refractivity contribution in [3.05, 3.63) is 77.5 Å². The highest BCUT2D eigenvalue weighted by atomic mass is 19.4. The number of carbonyl (C=O) groups is 2. The van der Waals surface area contributed by atoms with Crippen molar-refractivity contribution in [1.29, 1.82) is 0 Å². The summed E-state index contributed by atoms with van der Waals surface area (Å²) >= 11 is 0. The molecule has 2 amide bonds. The van der Waals surface area contributed by atoms with Crippen LogP contribution in [-0.4, -0.2) is 37.2 Å². The standard InChI is InChI=1S/C32H32F3N7O2/c33-32(34,35)22-14-15-37-25(17-22)40-31(44)20-10-8-19(9-11-20)27-28-29(36)38-18-24-6-4-2-1-3-5-7-26(43)39-23-13-12-21(16-23)30(41-27)42(24)28/h4,6,8-11,14-15,17-18,21,23H,1-3,5,7,12-13,16H2,(H2,36,38)(H,39,43)(H,37,40,44)/b6-4+/t21-,23-/m1/s1. The Morgan fingerprint density at radius 2 is 1.89 bits per heavy atom. The highest BCUT2D eigenvalue weighted by molar-refractivity contribution is 6.04. The number of carbonyl (C=O) groups excluding carboxylic acids is 2. The molecule has 4 aromatic rings. The number of alkyl halides is 3. The predicted molar refractivity (Wildman–Crippen MR) is 161 cm³/mol. The first-order valence-electron chi connectivity index (χ1n) is 14.7. The van der Waals surface area contributed by atoms with Crippen LogP contribution in [0.2, 0.25) is 0 Å². The quantitative estimate of drug-likeness (QED) is 0.250. The lowest BCUT2D eigenvalue weighted by Gasteiger charge is -2.14. The maximum Gasteiger partial charge on any atom is 0.416 e. The molecule has 3 aromatic heterocycles. The van der Waals surface area contributed by atoms with E-state index in [1.54, 1.807) is 30.5 Å². The number of nitrogens with one attached hydrogen (secondary N) is 2. The van der Waals surface area contributed by atoms with E-state index >= 15 is 0 Å². The molecule has 2 atom stereocenters. The molecule has 9 nitrogen and oxygen atoms in total. The fourth-order valence-electron chi connectivity index (χ4n) is 6.00. The SMILES string of the molecule is Nc1ncc2n3c(nc(-c4ccc(C(=O)Nc5cc(C(F)(F)F)ccn5)cc4)c13)[C@@H]1CC[C@H](C1)NC(=O)CCCCC/C=C/2. The number of anilines is 2. The van der Waals surface area contributed by atoms with Gasteiger partial charge < -0.3 is 16.4 Å². The maximum absolute atomic E-state index is 13.1. The van der Waals surface area contributed by atoms with Crippen LogP contribution < -0.4 is 16.4 Å². The number of benzene rings is 1.